The van der Waals surface area contributed by atoms with E-state index in [0.717, 1.165) is 36.3 Å². The minimum absolute atomic E-state index is 0.0600. The Bertz CT molecular complexity index is 753. The number of hydrogen-bond acceptors (Lipinski definition) is 6. The fourth-order valence-electron chi connectivity index (χ4n) is 5.37. The van der Waals surface area contributed by atoms with Crippen molar-refractivity contribution in [1.29, 1.82) is 0 Å². The van der Waals surface area contributed by atoms with E-state index in [4.69, 9.17) is 9.47 Å². The fraction of sp³-hybridized carbons (Fsp3) is 0.844. The molecule has 0 aromatic carbocycles. The van der Waals surface area contributed by atoms with E-state index in [0.29, 0.717) is 18.7 Å². The van der Waals surface area contributed by atoms with Crippen molar-refractivity contribution < 1.29 is 23.9 Å². The number of likely N-dealkylation sites (tertiary alicyclic amines) is 1. The van der Waals surface area contributed by atoms with Crippen LogP contribution in [0.15, 0.2) is 11.6 Å². The van der Waals surface area contributed by atoms with Gasteiger partial charge >= 0.3 is 11.9 Å². The highest BCUT2D eigenvalue weighted by molar-refractivity contribution is 7.99. The van der Waals surface area contributed by atoms with Crippen molar-refractivity contribution >= 4 is 29.6 Å². The molecule has 226 valence electrons. The zero-order valence-corrected chi connectivity index (χ0v) is 26.8. The van der Waals surface area contributed by atoms with Crippen molar-refractivity contribution in [2.75, 3.05) is 32.3 Å². The van der Waals surface area contributed by atoms with E-state index in [2.05, 4.69) is 40.7 Å². The van der Waals surface area contributed by atoms with Gasteiger partial charge in [0.25, 0.3) is 0 Å². The largest absolute Gasteiger partial charge is 0.469 e. The van der Waals surface area contributed by atoms with Gasteiger partial charge in [-0.15, -0.1) is 0 Å². The van der Waals surface area contributed by atoms with E-state index < -0.39 is 12.0 Å². The van der Waals surface area contributed by atoms with Crippen LogP contribution in [0.5, 0.6) is 0 Å². The molecular weight excluding hydrogens is 510 g/mol. The molecule has 4 unspecified atom stereocenters. The maximum absolute atomic E-state index is 12.9. The van der Waals surface area contributed by atoms with Crippen LogP contribution in [0, 0.1) is 23.7 Å². The number of carbonyl (C=O) groups is 3. The molecule has 1 fully saturated rings. The van der Waals surface area contributed by atoms with Gasteiger partial charge in [0.1, 0.15) is 6.04 Å². The monoisotopic (exact) mass is 567 g/mol. The maximum Gasteiger partial charge on any atom is 0.328 e. The minimum Gasteiger partial charge on any atom is -0.469 e. The average molecular weight is 568 g/mol. The SMILES string of the molecule is COC(=O)C(CSC/C=C(\C)CCCC(C)CCCC(C)CCCC(C)C)CC(=O)N1CCCC1C(=O)OC. The Morgan fingerprint density at radius 2 is 1.54 bits per heavy atom. The summed E-state index contributed by atoms with van der Waals surface area (Å²) in [6.45, 7) is 12.1. The van der Waals surface area contributed by atoms with Gasteiger partial charge in [-0.2, -0.15) is 11.8 Å². The third-order valence-corrected chi connectivity index (χ3v) is 9.05. The van der Waals surface area contributed by atoms with Gasteiger partial charge in [-0.1, -0.05) is 84.3 Å². The van der Waals surface area contributed by atoms with Crippen LogP contribution in [-0.4, -0.2) is 61.1 Å². The van der Waals surface area contributed by atoms with Gasteiger partial charge < -0.3 is 14.4 Å². The predicted octanol–water partition coefficient (Wildman–Crippen LogP) is 7.45. The van der Waals surface area contributed by atoms with E-state index in [9.17, 15) is 14.4 Å². The van der Waals surface area contributed by atoms with Crippen LogP contribution in [-0.2, 0) is 23.9 Å². The first kappa shape index (κ1) is 35.5. The molecule has 0 N–H and O–H groups in total. The van der Waals surface area contributed by atoms with E-state index in [1.165, 1.54) is 71.2 Å². The van der Waals surface area contributed by atoms with E-state index in [1.54, 1.807) is 16.7 Å². The third kappa shape index (κ3) is 15.2. The van der Waals surface area contributed by atoms with Gasteiger partial charge in [-0.25, -0.2) is 4.79 Å². The lowest BCUT2D eigenvalue weighted by molar-refractivity contribution is -0.152. The second-order valence-electron chi connectivity index (χ2n) is 12.1. The Kier molecular flexibility index (Phi) is 18.6. The summed E-state index contributed by atoms with van der Waals surface area (Å²) >= 11 is 1.65. The van der Waals surface area contributed by atoms with Crippen LogP contribution < -0.4 is 0 Å². The molecule has 39 heavy (non-hydrogen) atoms. The summed E-state index contributed by atoms with van der Waals surface area (Å²) in [4.78, 5) is 38.8. The lowest BCUT2D eigenvalue weighted by Gasteiger charge is -2.24. The fourth-order valence-corrected chi connectivity index (χ4v) is 6.45. The number of amides is 1. The topological polar surface area (TPSA) is 72.9 Å². The molecule has 0 aromatic heterocycles. The lowest BCUT2D eigenvalue weighted by Crippen LogP contribution is -2.42. The number of thioether (sulfide) groups is 1. The van der Waals surface area contributed by atoms with Crippen molar-refractivity contribution in [3.8, 4) is 0 Å². The second-order valence-corrected chi connectivity index (χ2v) is 13.2. The Morgan fingerprint density at radius 3 is 2.13 bits per heavy atom. The normalized spacial score (nSPS) is 18.2. The molecule has 0 saturated carbocycles. The average Bonchev–Trinajstić information content (AvgIpc) is 3.39. The Balaban J connectivity index is 2.31. The molecular formula is C32H57NO5S. The number of allylic oxidation sites excluding steroid dienone is 1. The number of esters is 2. The van der Waals surface area contributed by atoms with Crippen LogP contribution in [0.3, 0.4) is 0 Å². The maximum atomic E-state index is 12.9. The molecule has 1 saturated heterocycles. The quantitative estimate of drug-likeness (QED) is 0.0864. The highest BCUT2D eigenvalue weighted by atomic mass is 32.2. The number of methoxy groups -OCH3 is 2. The van der Waals surface area contributed by atoms with E-state index in [-0.39, 0.29) is 24.3 Å². The van der Waals surface area contributed by atoms with Crippen LogP contribution in [0.2, 0.25) is 0 Å². The zero-order chi connectivity index (χ0) is 29.2. The molecule has 1 rings (SSSR count). The molecule has 0 bridgehead atoms. The molecule has 1 aliphatic rings. The zero-order valence-electron chi connectivity index (χ0n) is 26.0. The van der Waals surface area contributed by atoms with Crippen LogP contribution in [0.25, 0.3) is 0 Å². The summed E-state index contributed by atoms with van der Waals surface area (Å²) in [6, 6.07) is -0.537. The minimum atomic E-state index is -0.537. The first-order valence-electron chi connectivity index (χ1n) is 15.3. The number of rotatable bonds is 20. The van der Waals surface area contributed by atoms with Gasteiger partial charge in [-0.05, 0) is 50.4 Å². The summed E-state index contributed by atoms with van der Waals surface area (Å²) in [6.07, 6.45) is 15.4. The van der Waals surface area contributed by atoms with Crippen LogP contribution in [0.1, 0.15) is 112 Å². The molecule has 0 radical (unpaired) electrons. The van der Waals surface area contributed by atoms with Gasteiger partial charge in [-0.3, -0.25) is 9.59 Å². The number of hydrogen-bond donors (Lipinski definition) is 0. The number of carbonyl (C=O) groups excluding carboxylic acids is 3. The third-order valence-electron chi connectivity index (χ3n) is 8.01. The van der Waals surface area contributed by atoms with Crippen molar-refractivity contribution in [3.63, 3.8) is 0 Å². The highest BCUT2D eigenvalue weighted by Gasteiger charge is 2.36. The Labute approximate surface area is 243 Å². The highest BCUT2D eigenvalue weighted by Crippen LogP contribution is 2.24. The first-order chi connectivity index (χ1) is 18.6. The smallest absolute Gasteiger partial charge is 0.328 e. The second kappa shape index (κ2) is 20.4. The van der Waals surface area contributed by atoms with Gasteiger partial charge in [0, 0.05) is 24.5 Å². The number of nitrogens with zero attached hydrogens (tertiary/aromatic N) is 1. The predicted molar refractivity (Wildman–Crippen MR) is 163 cm³/mol. The summed E-state index contributed by atoms with van der Waals surface area (Å²) in [7, 11) is 2.70. The van der Waals surface area contributed by atoms with Gasteiger partial charge in [0.15, 0.2) is 0 Å². The van der Waals surface area contributed by atoms with Crippen molar-refractivity contribution in [2.24, 2.45) is 23.7 Å². The molecule has 0 spiro atoms. The summed E-state index contributed by atoms with van der Waals surface area (Å²) in [5.41, 5.74) is 1.39. The van der Waals surface area contributed by atoms with Crippen LogP contribution >= 0.6 is 11.8 Å². The van der Waals surface area contributed by atoms with Crippen molar-refractivity contribution in [2.45, 2.75) is 118 Å². The molecule has 1 heterocycles. The standard InChI is InChI=1S/C32H57NO5S/c1-24(2)12-8-13-25(3)14-9-15-26(4)16-10-17-27(5)19-21-39-23-28(31(35)37-6)22-30(34)33-20-11-18-29(33)32(36)38-7/h19,24-26,28-29H,8-18,20-23H2,1-7H3/b27-19+. The number of ether oxygens (including phenoxy) is 2. The first-order valence-corrected chi connectivity index (χ1v) is 16.4. The molecule has 1 aliphatic heterocycles. The van der Waals surface area contributed by atoms with Crippen molar-refractivity contribution in [3.05, 3.63) is 11.6 Å². The molecule has 0 aliphatic carbocycles. The van der Waals surface area contributed by atoms with Gasteiger partial charge in [0.2, 0.25) is 5.91 Å². The van der Waals surface area contributed by atoms with Gasteiger partial charge in [0.05, 0.1) is 20.1 Å². The summed E-state index contributed by atoms with van der Waals surface area (Å²) in [5, 5.41) is 0. The Hall–Kier alpha value is -1.50. The molecule has 7 heteroatoms. The van der Waals surface area contributed by atoms with E-state index in [1.807, 2.05) is 0 Å². The van der Waals surface area contributed by atoms with Crippen molar-refractivity contribution in [1.82, 2.24) is 4.90 Å². The lowest BCUT2D eigenvalue weighted by atomic mass is 9.91. The Morgan fingerprint density at radius 1 is 0.923 bits per heavy atom. The summed E-state index contributed by atoms with van der Waals surface area (Å²) in [5.74, 6) is 2.34. The molecule has 6 nitrogen and oxygen atoms in total. The molecule has 1 amide bonds. The molecule has 0 aromatic rings. The van der Waals surface area contributed by atoms with E-state index >= 15 is 0 Å². The summed E-state index contributed by atoms with van der Waals surface area (Å²) < 4.78 is 9.80. The molecule has 4 atom stereocenters. The van der Waals surface area contributed by atoms with Crippen LogP contribution in [0.4, 0.5) is 0 Å².